The van der Waals surface area contributed by atoms with E-state index in [0.29, 0.717) is 18.1 Å². The molecule has 1 aromatic rings. The summed E-state index contributed by atoms with van der Waals surface area (Å²) in [4.78, 5) is 9.39. The van der Waals surface area contributed by atoms with E-state index < -0.39 is 0 Å². The fraction of sp³-hybridized carbons (Fsp3) is 0.720. The number of methoxy groups -OCH3 is 1. The van der Waals surface area contributed by atoms with E-state index in [2.05, 4.69) is 38.3 Å². The first-order valence-corrected chi connectivity index (χ1v) is 12.3. The lowest BCUT2D eigenvalue weighted by Crippen LogP contribution is -2.48. The molecular formula is C25H41IN4O3. The van der Waals surface area contributed by atoms with E-state index in [1.165, 1.54) is 24.9 Å². The Morgan fingerprint density at radius 1 is 1.15 bits per heavy atom. The van der Waals surface area contributed by atoms with Gasteiger partial charge < -0.3 is 29.3 Å². The third-order valence-electron chi connectivity index (χ3n) is 7.00. The van der Waals surface area contributed by atoms with Crippen molar-refractivity contribution in [3.63, 3.8) is 0 Å². The molecular weight excluding hydrogens is 531 g/mol. The van der Waals surface area contributed by atoms with Gasteiger partial charge in [0.1, 0.15) is 5.75 Å². The molecule has 0 bridgehead atoms. The monoisotopic (exact) mass is 572 g/mol. The highest BCUT2D eigenvalue weighted by atomic mass is 127. The number of benzene rings is 1. The number of piperidine rings is 1. The summed E-state index contributed by atoms with van der Waals surface area (Å²) in [6.07, 6.45) is 7.57. The van der Waals surface area contributed by atoms with Crippen LogP contribution in [-0.4, -0.2) is 83.2 Å². The third-order valence-corrected chi connectivity index (χ3v) is 7.00. The van der Waals surface area contributed by atoms with E-state index in [-0.39, 0.29) is 24.0 Å². The molecule has 0 amide bonds. The zero-order valence-corrected chi connectivity index (χ0v) is 22.5. The predicted octanol–water partition coefficient (Wildman–Crippen LogP) is 3.77. The molecule has 0 aromatic heterocycles. The minimum Gasteiger partial charge on any atom is -0.497 e. The van der Waals surface area contributed by atoms with Crippen LogP contribution in [0.1, 0.15) is 38.5 Å². The molecule has 3 heterocycles. The molecule has 3 saturated heterocycles. The SMILES string of the molecule is CN=C(NCC1CCN(c2cccc(OC)c2)C1)N1CCC(OCC2CCCCO2)CC1.I. The second-order valence-electron chi connectivity index (χ2n) is 9.24. The van der Waals surface area contributed by atoms with Crippen LogP contribution < -0.4 is 15.0 Å². The number of guanidine groups is 1. The van der Waals surface area contributed by atoms with Gasteiger partial charge in [0, 0.05) is 58.1 Å². The van der Waals surface area contributed by atoms with Crippen molar-refractivity contribution in [2.75, 3.05) is 65.0 Å². The smallest absolute Gasteiger partial charge is 0.193 e. The van der Waals surface area contributed by atoms with Gasteiger partial charge in [0.05, 0.1) is 25.9 Å². The van der Waals surface area contributed by atoms with Gasteiger partial charge in [-0.25, -0.2) is 0 Å². The van der Waals surface area contributed by atoms with Crippen molar-refractivity contribution in [3.05, 3.63) is 24.3 Å². The van der Waals surface area contributed by atoms with Crippen LogP contribution in [0.25, 0.3) is 0 Å². The average Bonchev–Trinajstić information content (AvgIpc) is 3.34. The Kier molecular flexibility index (Phi) is 10.8. The zero-order valence-electron chi connectivity index (χ0n) is 20.2. The first-order chi connectivity index (χ1) is 15.7. The maximum absolute atomic E-state index is 6.17. The summed E-state index contributed by atoms with van der Waals surface area (Å²) >= 11 is 0. The summed E-state index contributed by atoms with van der Waals surface area (Å²) in [6.45, 7) is 6.76. The van der Waals surface area contributed by atoms with Gasteiger partial charge >= 0.3 is 0 Å². The number of rotatable bonds is 7. The van der Waals surface area contributed by atoms with Crippen molar-refractivity contribution >= 4 is 35.6 Å². The largest absolute Gasteiger partial charge is 0.497 e. The lowest BCUT2D eigenvalue weighted by atomic mass is 10.1. The van der Waals surface area contributed by atoms with Crippen LogP contribution in [0.5, 0.6) is 5.75 Å². The van der Waals surface area contributed by atoms with E-state index >= 15 is 0 Å². The van der Waals surface area contributed by atoms with Gasteiger partial charge in [-0.2, -0.15) is 0 Å². The van der Waals surface area contributed by atoms with E-state index in [1.54, 1.807) is 7.11 Å². The molecule has 8 heteroatoms. The number of anilines is 1. The summed E-state index contributed by atoms with van der Waals surface area (Å²) in [5.41, 5.74) is 1.25. The van der Waals surface area contributed by atoms with Gasteiger partial charge in [-0.3, -0.25) is 4.99 Å². The molecule has 1 aromatic carbocycles. The molecule has 33 heavy (non-hydrogen) atoms. The first kappa shape index (κ1) is 26.3. The molecule has 4 rings (SSSR count). The highest BCUT2D eigenvalue weighted by Crippen LogP contribution is 2.26. The molecule has 0 saturated carbocycles. The highest BCUT2D eigenvalue weighted by Gasteiger charge is 2.26. The molecule has 0 radical (unpaired) electrons. The van der Waals surface area contributed by atoms with Crippen LogP contribution in [0.2, 0.25) is 0 Å². The Morgan fingerprint density at radius 2 is 2.00 bits per heavy atom. The van der Waals surface area contributed by atoms with Gasteiger partial charge in [-0.15, -0.1) is 24.0 Å². The second-order valence-corrected chi connectivity index (χ2v) is 9.24. The number of likely N-dealkylation sites (tertiary alicyclic amines) is 1. The summed E-state index contributed by atoms with van der Waals surface area (Å²) in [5, 5.41) is 3.64. The predicted molar refractivity (Wildman–Crippen MR) is 144 cm³/mol. The molecule has 186 valence electrons. The highest BCUT2D eigenvalue weighted by molar-refractivity contribution is 14.0. The Hall–Kier alpha value is -1.26. The number of halogens is 1. The van der Waals surface area contributed by atoms with Crippen LogP contribution in [0.4, 0.5) is 5.69 Å². The van der Waals surface area contributed by atoms with E-state index in [0.717, 1.165) is 76.9 Å². The molecule has 3 aliphatic rings. The van der Waals surface area contributed by atoms with Crippen molar-refractivity contribution < 1.29 is 14.2 Å². The lowest BCUT2D eigenvalue weighted by molar-refractivity contribution is -0.0721. The fourth-order valence-corrected chi connectivity index (χ4v) is 5.03. The van der Waals surface area contributed by atoms with E-state index in [4.69, 9.17) is 14.2 Å². The van der Waals surface area contributed by atoms with Crippen LogP contribution in [-0.2, 0) is 9.47 Å². The van der Waals surface area contributed by atoms with Crippen LogP contribution in [0.15, 0.2) is 29.3 Å². The van der Waals surface area contributed by atoms with E-state index in [9.17, 15) is 0 Å². The fourth-order valence-electron chi connectivity index (χ4n) is 5.03. The molecule has 3 fully saturated rings. The minimum absolute atomic E-state index is 0. The topological polar surface area (TPSA) is 58.6 Å². The summed E-state index contributed by atoms with van der Waals surface area (Å²) in [7, 11) is 3.62. The van der Waals surface area contributed by atoms with Crippen molar-refractivity contribution in [2.45, 2.75) is 50.7 Å². The van der Waals surface area contributed by atoms with Crippen LogP contribution in [0.3, 0.4) is 0 Å². The number of ether oxygens (including phenoxy) is 3. The zero-order chi connectivity index (χ0) is 22.2. The molecule has 2 unspecified atom stereocenters. The number of hydrogen-bond acceptors (Lipinski definition) is 5. The van der Waals surface area contributed by atoms with Gasteiger partial charge in [0.2, 0.25) is 0 Å². The third kappa shape index (κ3) is 7.62. The van der Waals surface area contributed by atoms with Gasteiger partial charge in [-0.05, 0) is 56.6 Å². The normalized spacial score (nSPS) is 24.5. The molecule has 7 nitrogen and oxygen atoms in total. The molecule has 1 N–H and O–H groups in total. The molecule has 3 aliphatic heterocycles. The van der Waals surface area contributed by atoms with E-state index in [1.807, 2.05) is 13.1 Å². The van der Waals surface area contributed by atoms with Crippen LogP contribution >= 0.6 is 24.0 Å². The van der Waals surface area contributed by atoms with Crippen LogP contribution in [0, 0.1) is 5.92 Å². The number of nitrogens with one attached hydrogen (secondary N) is 1. The van der Waals surface area contributed by atoms with Crippen molar-refractivity contribution in [1.29, 1.82) is 0 Å². The molecule has 0 aliphatic carbocycles. The van der Waals surface area contributed by atoms with Gasteiger partial charge in [0.15, 0.2) is 5.96 Å². The number of nitrogens with zero attached hydrogens (tertiary/aromatic N) is 3. The minimum atomic E-state index is 0. The maximum atomic E-state index is 6.17. The van der Waals surface area contributed by atoms with Crippen molar-refractivity contribution in [3.8, 4) is 5.75 Å². The number of hydrogen-bond donors (Lipinski definition) is 1. The Morgan fingerprint density at radius 3 is 2.73 bits per heavy atom. The van der Waals surface area contributed by atoms with Crippen molar-refractivity contribution in [2.24, 2.45) is 10.9 Å². The molecule has 2 atom stereocenters. The van der Waals surface area contributed by atoms with Gasteiger partial charge in [-0.1, -0.05) is 6.07 Å². The van der Waals surface area contributed by atoms with Gasteiger partial charge in [0.25, 0.3) is 0 Å². The first-order valence-electron chi connectivity index (χ1n) is 12.3. The summed E-state index contributed by atoms with van der Waals surface area (Å²) in [5.74, 6) is 2.57. The Bertz CT molecular complexity index is 736. The quantitative estimate of drug-likeness (QED) is 0.305. The number of aliphatic imine (C=N–C) groups is 1. The summed E-state index contributed by atoms with van der Waals surface area (Å²) < 4.78 is 17.3. The lowest BCUT2D eigenvalue weighted by Gasteiger charge is -2.35. The standard InChI is InChI=1S/C25H40N4O3.HI/c1-26-25(28-13-10-22(11-14-28)32-19-24-7-3-4-15-31-24)27-17-20-9-12-29(18-20)21-6-5-8-23(16-21)30-2;/h5-6,8,16,20,22,24H,3-4,7,9-15,17-19H2,1-2H3,(H,26,27);1H. The summed E-state index contributed by atoms with van der Waals surface area (Å²) in [6, 6.07) is 8.36. The Balaban J connectivity index is 0.00000306. The molecule has 0 spiro atoms. The second kappa shape index (κ2) is 13.6. The Labute approximate surface area is 216 Å². The maximum Gasteiger partial charge on any atom is 0.193 e. The average molecular weight is 573 g/mol. The van der Waals surface area contributed by atoms with Crippen molar-refractivity contribution in [1.82, 2.24) is 10.2 Å².